The molecule has 1 heterocycles. The lowest BCUT2D eigenvalue weighted by Gasteiger charge is -2.00. The van der Waals surface area contributed by atoms with Crippen molar-refractivity contribution in [2.75, 3.05) is 6.66 Å². The Bertz CT molecular complexity index is 480. The van der Waals surface area contributed by atoms with Gasteiger partial charge < -0.3 is 0 Å². The van der Waals surface area contributed by atoms with Gasteiger partial charge in [0.1, 0.15) is 6.66 Å². The summed E-state index contributed by atoms with van der Waals surface area (Å²) in [6, 6.07) is 14.1. The number of benzene rings is 1. The molecule has 18 heavy (non-hydrogen) atoms. The quantitative estimate of drug-likeness (QED) is 0.746. The molecule has 1 aromatic heterocycles. The van der Waals surface area contributed by atoms with Crippen LogP contribution in [0.2, 0.25) is 0 Å². The van der Waals surface area contributed by atoms with Gasteiger partial charge >= 0.3 is 7.80 Å². The van der Waals surface area contributed by atoms with E-state index >= 15 is 0 Å². The number of rotatable bonds is 3. The minimum absolute atomic E-state index is 0.560. The topological polar surface area (TPSA) is 30.0 Å². The molecule has 0 N–H and O–H groups in total. The minimum atomic E-state index is -1.15. The average molecular weight is 260 g/mol. The van der Waals surface area contributed by atoms with Crippen molar-refractivity contribution >= 4 is 7.80 Å². The Hall–Kier alpha value is -1.53. The molecule has 0 fully saturated rings. The van der Waals surface area contributed by atoms with Crippen molar-refractivity contribution in [2.24, 2.45) is 0 Å². The number of pyridine rings is 1. The molecular weight excluding hydrogens is 241 g/mol. The van der Waals surface area contributed by atoms with Crippen LogP contribution in [0.4, 0.5) is 0 Å². The number of nitrogens with zero attached hydrogens (tertiary/aromatic N) is 1. The zero-order valence-electron chi connectivity index (χ0n) is 11.1. The molecule has 1 aromatic carbocycles. The smallest absolute Gasteiger partial charge is 0.256 e. The predicted octanol–water partition coefficient (Wildman–Crippen LogP) is 4.73. The lowest BCUT2D eigenvalue weighted by molar-refractivity contribution is 0.590. The van der Waals surface area contributed by atoms with Crippen LogP contribution in [0.25, 0.3) is 11.1 Å². The number of hydrogen-bond acceptors (Lipinski definition) is 2. The number of hydrogen-bond donors (Lipinski definition) is 0. The second kappa shape index (κ2) is 7.73. The van der Waals surface area contributed by atoms with E-state index in [4.69, 9.17) is 0 Å². The molecule has 2 aromatic rings. The van der Waals surface area contributed by atoms with E-state index in [1.165, 1.54) is 0 Å². The predicted molar refractivity (Wildman–Crippen MR) is 78.3 cm³/mol. The summed E-state index contributed by atoms with van der Waals surface area (Å²) < 4.78 is 11.1. The molecule has 1 atom stereocenters. The van der Waals surface area contributed by atoms with Gasteiger partial charge in [-0.1, -0.05) is 54.8 Å². The zero-order valence-corrected chi connectivity index (χ0v) is 12.0. The second-order valence-corrected chi connectivity index (χ2v) is 5.26. The Kier molecular flexibility index (Phi) is 6.24. The SMILES string of the molecule is CC.C[P+](=O)Cc1ccc(-c2ccccc2)cn1. The molecule has 0 bridgehead atoms. The van der Waals surface area contributed by atoms with Crippen molar-refractivity contribution < 1.29 is 4.57 Å². The molecule has 0 spiro atoms. The van der Waals surface area contributed by atoms with Crippen LogP contribution in [0.3, 0.4) is 0 Å². The van der Waals surface area contributed by atoms with Crippen LogP contribution in [-0.2, 0) is 10.7 Å². The maximum atomic E-state index is 11.1. The molecule has 0 saturated carbocycles. The monoisotopic (exact) mass is 260 g/mol. The first-order valence-corrected chi connectivity index (χ1v) is 8.03. The summed E-state index contributed by atoms with van der Waals surface area (Å²) in [7, 11) is -1.15. The van der Waals surface area contributed by atoms with Crippen molar-refractivity contribution in [1.29, 1.82) is 0 Å². The third kappa shape index (κ3) is 4.38. The zero-order chi connectivity index (χ0) is 13.4. The maximum Gasteiger partial charge on any atom is 0.341 e. The highest BCUT2D eigenvalue weighted by molar-refractivity contribution is 7.42. The van der Waals surface area contributed by atoms with E-state index in [1.54, 1.807) is 6.66 Å². The van der Waals surface area contributed by atoms with Gasteiger partial charge in [0.25, 0.3) is 0 Å². The van der Waals surface area contributed by atoms with Crippen LogP contribution in [0.1, 0.15) is 19.5 Å². The molecular formula is C15H19NOP+. The molecule has 94 valence electrons. The van der Waals surface area contributed by atoms with Crippen LogP contribution >= 0.6 is 7.80 Å². The Morgan fingerprint density at radius 2 is 1.67 bits per heavy atom. The van der Waals surface area contributed by atoms with E-state index in [-0.39, 0.29) is 0 Å². The standard InChI is InChI=1S/C13H13NOP.C2H6/c1-16(15)10-13-8-7-12(9-14-13)11-5-3-2-4-6-11;1-2/h2-9H,10H2,1H3;1-2H3/q+1;. The van der Waals surface area contributed by atoms with Crippen LogP contribution in [-0.4, -0.2) is 11.6 Å². The summed E-state index contributed by atoms with van der Waals surface area (Å²) in [6.07, 6.45) is 2.40. The molecule has 3 heteroatoms. The molecule has 2 nitrogen and oxygen atoms in total. The van der Waals surface area contributed by atoms with Gasteiger partial charge in [0, 0.05) is 11.8 Å². The van der Waals surface area contributed by atoms with E-state index in [2.05, 4.69) is 17.1 Å². The van der Waals surface area contributed by atoms with Gasteiger partial charge in [0.2, 0.25) is 0 Å². The summed E-state index contributed by atoms with van der Waals surface area (Å²) >= 11 is 0. The Balaban J connectivity index is 0.000000771. The summed E-state index contributed by atoms with van der Waals surface area (Å²) in [5.41, 5.74) is 3.14. The summed E-state index contributed by atoms with van der Waals surface area (Å²) in [6.45, 7) is 5.72. The number of aromatic nitrogens is 1. The van der Waals surface area contributed by atoms with Crippen molar-refractivity contribution in [3.8, 4) is 11.1 Å². The molecule has 0 radical (unpaired) electrons. The highest BCUT2D eigenvalue weighted by Gasteiger charge is 2.08. The first kappa shape index (κ1) is 14.5. The van der Waals surface area contributed by atoms with Crippen molar-refractivity contribution in [2.45, 2.75) is 20.0 Å². The van der Waals surface area contributed by atoms with Gasteiger partial charge in [0.15, 0.2) is 6.16 Å². The minimum Gasteiger partial charge on any atom is -0.256 e. The van der Waals surface area contributed by atoms with Gasteiger partial charge in [-0.3, -0.25) is 4.98 Å². The van der Waals surface area contributed by atoms with Crippen LogP contribution in [0, 0.1) is 0 Å². The Morgan fingerprint density at radius 1 is 1.00 bits per heavy atom. The molecule has 0 aliphatic carbocycles. The van der Waals surface area contributed by atoms with E-state index in [0.29, 0.717) is 6.16 Å². The molecule has 1 unspecified atom stereocenters. The molecule has 0 aliphatic heterocycles. The van der Waals surface area contributed by atoms with Crippen LogP contribution < -0.4 is 0 Å². The first-order valence-electron chi connectivity index (χ1n) is 6.14. The van der Waals surface area contributed by atoms with Crippen LogP contribution in [0.5, 0.6) is 0 Å². The summed E-state index contributed by atoms with van der Waals surface area (Å²) in [5.74, 6) is 0. The maximum absolute atomic E-state index is 11.1. The average Bonchev–Trinajstić information content (AvgIpc) is 2.42. The summed E-state index contributed by atoms with van der Waals surface area (Å²) in [5, 5.41) is 0. The Morgan fingerprint density at radius 3 is 2.17 bits per heavy atom. The van der Waals surface area contributed by atoms with Gasteiger partial charge in [0.05, 0.1) is 5.69 Å². The lowest BCUT2D eigenvalue weighted by atomic mass is 10.1. The first-order chi connectivity index (χ1) is 8.75. The fraction of sp³-hybridized carbons (Fsp3) is 0.267. The highest BCUT2D eigenvalue weighted by atomic mass is 31.1. The molecule has 0 aliphatic rings. The molecule has 0 saturated heterocycles. The molecule has 2 rings (SSSR count). The van der Waals surface area contributed by atoms with Crippen molar-refractivity contribution in [1.82, 2.24) is 4.98 Å². The lowest BCUT2D eigenvalue weighted by Crippen LogP contribution is -1.86. The second-order valence-electron chi connectivity index (χ2n) is 3.69. The van der Waals surface area contributed by atoms with E-state index in [1.807, 2.05) is 50.4 Å². The van der Waals surface area contributed by atoms with E-state index < -0.39 is 7.80 Å². The largest absolute Gasteiger partial charge is 0.341 e. The van der Waals surface area contributed by atoms with Gasteiger partial charge in [-0.05, 0) is 11.6 Å². The van der Waals surface area contributed by atoms with E-state index in [9.17, 15) is 4.57 Å². The Labute approximate surface area is 110 Å². The van der Waals surface area contributed by atoms with Crippen LogP contribution in [0.15, 0.2) is 48.7 Å². The van der Waals surface area contributed by atoms with Crippen molar-refractivity contribution in [3.05, 3.63) is 54.4 Å². The van der Waals surface area contributed by atoms with Gasteiger partial charge in [-0.15, -0.1) is 0 Å². The third-order valence-corrected chi connectivity index (χ3v) is 3.09. The fourth-order valence-corrected chi connectivity index (χ4v) is 2.19. The summed E-state index contributed by atoms with van der Waals surface area (Å²) in [4.78, 5) is 4.31. The van der Waals surface area contributed by atoms with E-state index in [0.717, 1.165) is 16.8 Å². The fourth-order valence-electron chi connectivity index (χ4n) is 1.55. The highest BCUT2D eigenvalue weighted by Crippen LogP contribution is 2.22. The normalized spacial score (nSPS) is 10.3. The van der Waals surface area contributed by atoms with Gasteiger partial charge in [-0.2, -0.15) is 0 Å². The van der Waals surface area contributed by atoms with Crippen molar-refractivity contribution in [3.63, 3.8) is 0 Å². The molecule has 0 amide bonds. The third-order valence-electron chi connectivity index (χ3n) is 2.32. The van der Waals surface area contributed by atoms with Gasteiger partial charge in [-0.25, -0.2) is 0 Å².